The number of rotatable bonds is 6. The predicted molar refractivity (Wildman–Crippen MR) is 120 cm³/mol. The summed E-state index contributed by atoms with van der Waals surface area (Å²) in [6.45, 7) is 1.19. The van der Waals surface area contributed by atoms with E-state index in [-0.39, 0.29) is 24.9 Å². The predicted octanol–water partition coefficient (Wildman–Crippen LogP) is 3.82. The number of anilines is 2. The van der Waals surface area contributed by atoms with Gasteiger partial charge in [0.1, 0.15) is 5.82 Å². The van der Waals surface area contributed by atoms with Crippen LogP contribution in [0.1, 0.15) is 31.5 Å². The Kier molecular flexibility index (Phi) is 6.56. The molecule has 0 fully saturated rings. The van der Waals surface area contributed by atoms with Crippen LogP contribution in [0, 0.1) is 0 Å². The Hall–Kier alpha value is -3.68. The third-order valence-electron chi connectivity index (χ3n) is 5.21. The Labute approximate surface area is 181 Å². The molecule has 4 rings (SSSR count). The van der Waals surface area contributed by atoms with Gasteiger partial charge in [0.05, 0.1) is 0 Å². The summed E-state index contributed by atoms with van der Waals surface area (Å²) in [6.07, 6.45) is 4.67. The van der Waals surface area contributed by atoms with Gasteiger partial charge in [0.2, 0.25) is 5.91 Å². The molecule has 1 aliphatic heterocycles. The number of benzene rings is 2. The Balaban J connectivity index is 1.26. The summed E-state index contributed by atoms with van der Waals surface area (Å²) in [5.74, 6) is 1.76. The topological polar surface area (TPSA) is 101 Å². The standard InChI is InChI=1S/C23H26N6O2/c30-21(14-15-24-23(31)26-18-7-3-1-4-8-18)25-19-12-10-17(11-13-19)22-28-27-20-9-5-2-6-16-29(20)22/h1,3-4,7-8,10-13H,2,5-6,9,14-16H2,(H,25,30)(H2,24,26,31). The number of aromatic nitrogens is 3. The van der Waals surface area contributed by atoms with Crippen LogP contribution < -0.4 is 16.0 Å². The number of amides is 3. The molecule has 0 spiro atoms. The second-order valence-corrected chi connectivity index (χ2v) is 7.52. The van der Waals surface area contributed by atoms with Gasteiger partial charge in [0, 0.05) is 42.9 Å². The van der Waals surface area contributed by atoms with Gasteiger partial charge in [-0.3, -0.25) is 4.79 Å². The van der Waals surface area contributed by atoms with Gasteiger partial charge in [0.25, 0.3) is 0 Å². The molecule has 0 radical (unpaired) electrons. The van der Waals surface area contributed by atoms with E-state index in [2.05, 4.69) is 30.7 Å². The zero-order valence-corrected chi connectivity index (χ0v) is 17.3. The molecule has 31 heavy (non-hydrogen) atoms. The van der Waals surface area contributed by atoms with Crippen LogP contribution in [0.5, 0.6) is 0 Å². The van der Waals surface area contributed by atoms with Crippen molar-refractivity contribution in [1.82, 2.24) is 20.1 Å². The minimum Gasteiger partial charge on any atom is -0.337 e. The minimum absolute atomic E-state index is 0.163. The van der Waals surface area contributed by atoms with Gasteiger partial charge < -0.3 is 20.5 Å². The highest BCUT2D eigenvalue weighted by Crippen LogP contribution is 2.24. The van der Waals surface area contributed by atoms with E-state index in [9.17, 15) is 9.59 Å². The molecule has 3 amide bonds. The Morgan fingerprint density at radius 3 is 2.45 bits per heavy atom. The van der Waals surface area contributed by atoms with Gasteiger partial charge >= 0.3 is 6.03 Å². The first-order chi connectivity index (χ1) is 15.2. The van der Waals surface area contributed by atoms with Crippen molar-refractivity contribution in [2.24, 2.45) is 0 Å². The van der Waals surface area contributed by atoms with Crippen molar-refractivity contribution in [3.8, 4) is 11.4 Å². The number of nitrogens with zero attached hydrogens (tertiary/aromatic N) is 3. The van der Waals surface area contributed by atoms with E-state index in [4.69, 9.17) is 0 Å². The van der Waals surface area contributed by atoms with E-state index < -0.39 is 0 Å². The molecule has 8 heteroatoms. The molecular weight excluding hydrogens is 392 g/mol. The third kappa shape index (κ3) is 5.48. The maximum Gasteiger partial charge on any atom is 0.319 e. The first kappa shape index (κ1) is 20.6. The van der Waals surface area contributed by atoms with Crippen LogP contribution in [0.15, 0.2) is 54.6 Å². The van der Waals surface area contributed by atoms with Crippen molar-refractivity contribution in [3.63, 3.8) is 0 Å². The lowest BCUT2D eigenvalue weighted by Gasteiger charge is -2.09. The zero-order chi connectivity index (χ0) is 21.5. The summed E-state index contributed by atoms with van der Waals surface area (Å²) < 4.78 is 2.20. The molecule has 0 unspecified atom stereocenters. The number of nitrogens with one attached hydrogen (secondary N) is 3. The fourth-order valence-electron chi connectivity index (χ4n) is 3.61. The smallest absolute Gasteiger partial charge is 0.319 e. The molecule has 0 aliphatic carbocycles. The van der Waals surface area contributed by atoms with E-state index in [0.717, 1.165) is 43.0 Å². The van der Waals surface area contributed by atoms with E-state index in [1.807, 2.05) is 42.5 Å². The summed E-state index contributed by atoms with van der Waals surface area (Å²) in [5.41, 5.74) is 2.39. The number of hydrogen-bond acceptors (Lipinski definition) is 4. The molecule has 0 atom stereocenters. The van der Waals surface area contributed by atoms with Crippen LogP contribution in [0.25, 0.3) is 11.4 Å². The van der Waals surface area contributed by atoms with E-state index >= 15 is 0 Å². The van der Waals surface area contributed by atoms with Gasteiger partial charge in [-0.15, -0.1) is 10.2 Å². The number of hydrogen-bond donors (Lipinski definition) is 3. The Morgan fingerprint density at radius 1 is 0.871 bits per heavy atom. The number of carbonyl (C=O) groups excluding carboxylic acids is 2. The molecule has 160 valence electrons. The zero-order valence-electron chi connectivity index (χ0n) is 17.3. The highest BCUT2D eigenvalue weighted by atomic mass is 16.2. The molecular formula is C23H26N6O2. The summed E-state index contributed by atoms with van der Waals surface area (Å²) in [5, 5.41) is 17.0. The van der Waals surface area contributed by atoms with E-state index in [0.29, 0.717) is 11.4 Å². The lowest BCUT2D eigenvalue weighted by Crippen LogP contribution is -2.31. The average molecular weight is 419 g/mol. The number of urea groups is 1. The van der Waals surface area contributed by atoms with Gasteiger partial charge in [0.15, 0.2) is 5.82 Å². The second-order valence-electron chi connectivity index (χ2n) is 7.52. The van der Waals surface area contributed by atoms with Gasteiger partial charge in [-0.05, 0) is 49.2 Å². The van der Waals surface area contributed by atoms with Crippen LogP contribution >= 0.6 is 0 Å². The molecule has 1 aromatic heterocycles. The number of para-hydroxylation sites is 1. The number of carbonyl (C=O) groups is 2. The quantitative estimate of drug-likeness (QED) is 0.566. The monoisotopic (exact) mass is 418 g/mol. The number of fused-ring (bicyclic) bond motifs is 1. The molecule has 0 bridgehead atoms. The highest BCUT2D eigenvalue weighted by molar-refractivity contribution is 5.92. The first-order valence-electron chi connectivity index (χ1n) is 10.6. The van der Waals surface area contributed by atoms with Gasteiger partial charge in [-0.1, -0.05) is 24.6 Å². The maximum atomic E-state index is 12.2. The van der Waals surface area contributed by atoms with Crippen molar-refractivity contribution in [2.45, 2.75) is 38.6 Å². The van der Waals surface area contributed by atoms with Crippen LogP contribution in [-0.4, -0.2) is 33.2 Å². The molecule has 3 N–H and O–H groups in total. The molecule has 2 heterocycles. The normalized spacial score (nSPS) is 13.0. The summed E-state index contributed by atoms with van der Waals surface area (Å²) in [6, 6.07) is 16.4. The summed E-state index contributed by atoms with van der Waals surface area (Å²) in [7, 11) is 0. The Bertz CT molecular complexity index is 1030. The minimum atomic E-state index is -0.337. The second kappa shape index (κ2) is 9.88. The molecule has 1 aliphatic rings. The van der Waals surface area contributed by atoms with E-state index in [1.54, 1.807) is 12.1 Å². The molecule has 8 nitrogen and oxygen atoms in total. The lowest BCUT2D eigenvalue weighted by atomic mass is 10.2. The van der Waals surface area contributed by atoms with Crippen LogP contribution in [0.3, 0.4) is 0 Å². The van der Waals surface area contributed by atoms with Crippen molar-refractivity contribution in [3.05, 3.63) is 60.4 Å². The largest absolute Gasteiger partial charge is 0.337 e. The highest BCUT2D eigenvalue weighted by Gasteiger charge is 2.16. The first-order valence-corrected chi connectivity index (χ1v) is 10.6. The fourth-order valence-corrected chi connectivity index (χ4v) is 3.61. The van der Waals surface area contributed by atoms with Gasteiger partial charge in [-0.25, -0.2) is 4.79 Å². The molecule has 0 saturated heterocycles. The molecule has 2 aromatic carbocycles. The molecule has 0 saturated carbocycles. The molecule has 3 aromatic rings. The Morgan fingerprint density at radius 2 is 1.65 bits per heavy atom. The van der Waals surface area contributed by atoms with Crippen molar-refractivity contribution < 1.29 is 9.59 Å². The third-order valence-corrected chi connectivity index (χ3v) is 5.21. The van der Waals surface area contributed by atoms with Crippen LogP contribution in [0.4, 0.5) is 16.2 Å². The van der Waals surface area contributed by atoms with Crippen molar-refractivity contribution in [1.29, 1.82) is 0 Å². The summed E-state index contributed by atoms with van der Waals surface area (Å²) >= 11 is 0. The van der Waals surface area contributed by atoms with Crippen LogP contribution in [0.2, 0.25) is 0 Å². The average Bonchev–Trinajstić information content (AvgIpc) is 3.03. The fraction of sp³-hybridized carbons (Fsp3) is 0.304. The van der Waals surface area contributed by atoms with Crippen molar-refractivity contribution >= 4 is 23.3 Å². The number of aryl methyl sites for hydroxylation is 1. The summed E-state index contributed by atoms with van der Waals surface area (Å²) in [4.78, 5) is 24.0. The lowest BCUT2D eigenvalue weighted by molar-refractivity contribution is -0.116. The maximum absolute atomic E-state index is 12.2. The van der Waals surface area contributed by atoms with E-state index in [1.165, 1.54) is 6.42 Å². The van der Waals surface area contributed by atoms with Gasteiger partial charge in [-0.2, -0.15) is 0 Å². The SMILES string of the molecule is O=C(CCNC(=O)Nc1ccccc1)Nc1ccc(-c2nnc3n2CCCCC3)cc1. The van der Waals surface area contributed by atoms with Crippen molar-refractivity contribution in [2.75, 3.05) is 17.2 Å². The van der Waals surface area contributed by atoms with Crippen LogP contribution in [-0.2, 0) is 17.8 Å².